The fourth-order valence-corrected chi connectivity index (χ4v) is 2.79. The minimum atomic E-state index is -0.531. The topological polar surface area (TPSA) is 62.1 Å². The van der Waals surface area contributed by atoms with Crippen molar-refractivity contribution >= 4 is 17.0 Å². The molecule has 0 bridgehead atoms. The average Bonchev–Trinajstić information content (AvgIpc) is 3.45. The van der Waals surface area contributed by atoms with Gasteiger partial charge in [0.15, 0.2) is 5.65 Å². The summed E-state index contributed by atoms with van der Waals surface area (Å²) < 4.78 is 0. The number of aromatic nitrogens is 3. The van der Waals surface area contributed by atoms with Gasteiger partial charge in [-0.15, -0.1) is 0 Å². The first-order valence-corrected chi connectivity index (χ1v) is 7.89. The SMILES string of the molecule is O[C@H](CN(c1ccc2nccnc2n1)C1CC1)c1ccccc1. The number of benzene rings is 1. The van der Waals surface area contributed by atoms with E-state index < -0.39 is 6.10 Å². The first kappa shape index (κ1) is 14.1. The second-order valence-corrected chi connectivity index (χ2v) is 5.88. The summed E-state index contributed by atoms with van der Waals surface area (Å²) in [5.74, 6) is 0.857. The Labute approximate surface area is 134 Å². The van der Waals surface area contributed by atoms with Crippen molar-refractivity contribution < 1.29 is 5.11 Å². The van der Waals surface area contributed by atoms with E-state index in [1.165, 1.54) is 0 Å². The summed E-state index contributed by atoms with van der Waals surface area (Å²) in [5, 5.41) is 10.5. The van der Waals surface area contributed by atoms with Crippen LogP contribution in [0.3, 0.4) is 0 Å². The first-order valence-electron chi connectivity index (χ1n) is 7.89. The van der Waals surface area contributed by atoms with Gasteiger partial charge < -0.3 is 10.0 Å². The Balaban J connectivity index is 1.62. The number of nitrogens with zero attached hydrogens (tertiary/aromatic N) is 4. The van der Waals surface area contributed by atoms with Crippen LogP contribution in [-0.2, 0) is 0 Å². The number of aliphatic hydroxyl groups excluding tert-OH is 1. The van der Waals surface area contributed by atoms with Crippen LogP contribution in [0.1, 0.15) is 24.5 Å². The van der Waals surface area contributed by atoms with Gasteiger partial charge >= 0.3 is 0 Å². The Morgan fingerprint density at radius 2 is 1.83 bits per heavy atom. The lowest BCUT2D eigenvalue weighted by Crippen LogP contribution is -2.31. The predicted molar refractivity (Wildman–Crippen MR) is 89.1 cm³/mol. The van der Waals surface area contributed by atoms with Gasteiger partial charge in [-0.1, -0.05) is 30.3 Å². The van der Waals surface area contributed by atoms with Crippen molar-refractivity contribution in [2.45, 2.75) is 25.0 Å². The van der Waals surface area contributed by atoms with Crippen molar-refractivity contribution in [3.8, 4) is 0 Å². The molecule has 0 spiro atoms. The van der Waals surface area contributed by atoms with Crippen LogP contribution >= 0.6 is 0 Å². The molecule has 1 aromatic carbocycles. The molecule has 2 aromatic heterocycles. The van der Waals surface area contributed by atoms with Crippen molar-refractivity contribution in [2.75, 3.05) is 11.4 Å². The van der Waals surface area contributed by atoms with Gasteiger partial charge in [0.25, 0.3) is 0 Å². The predicted octanol–water partition coefficient (Wildman–Crippen LogP) is 2.73. The third-order valence-electron chi connectivity index (χ3n) is 4.15. The molecule has 1 aliphatic rings. The number of pyridine rings is 1. The van der Waals surface area contributed by atoms with Crippen LogP contribution in [0, 0.1) is 0 Å². The van der Waals surface area contributed by atoms with Crippen molar-refractivity contribution in [1.82, 2.24) is 15.0 Å². The maximum atomic E-state index is 10.5. The molecule has 2 heterocycles. The number of hydrogen-bond donors (Lipinski definition) is 1. The summed E-state index contributed by atoms with van der Waals surface area (Å²) >= 11 is 0. The van der Waals surface area contributed by atoms with Gasteiger partial charge in [0, 0.05) is 25.0 Å². The highest BCUT2D eigenvalue weighted by atomic mass is 16.3. The summed E-state index contributed by atoms with van der Waals surface area (Å²) in [6.45, 7) is 0.535. The van der Waals surface area contributed by atoms with Crippen LogP contribution in [-0.4, -0.2) is 32.6 Å². The zero-order valence-electron chi connectivity index (χ0n) is 12.7. The molecular weight excluding hydrogens is 288 g/mol. The Kier molecular flexibility index (Phi) is 3.63. The van der Waals surface area contributed by atoms with E-state index in [9.17, 15) is 5.11 Å². The summed E-state index contributed by atoms with van der Waals surface area (Å²) in [6.07, 6.45) is 5.07. The number of anilines is 1. The van der Waals surface area contributed by atoms with Crippen molar-refractivity contribution in [3.63, 3.8) is 0 Å². The molecule has 0 amide bonds. The fourth-order valence-electron chi connectivity index (χ4n) is 2.79. The second kappa shape index (κ2) is 5.93. The minimum Gasteiger partial charge on any atom is -0.387 e. The molecule has 0 radical (unpaired) electrons. The molecular formula is C18H18N4O. The molecule has 23 heavy (non-hydrogen) atoms. The van der Waals surface area contributed by atoms with Gasteiger partial charge in [-0.3, -0.25) is 4.98 Å². The van der Waals surface area contributed by atoms with E-state index in [-0.39, 0.29) is 0 Å². The van der Waals surface area contributed by atoms with Crippen molar-refractivity contribution in [1.29, 1.82) is 0 Å². The molecule has 5 heteroatoms. The largest absolute Gasteiger partial charge is 0.387 e. The Bertz CT molecular complexity index is 804. The minimum absolute atomic E-state index is 0.454. The molecule has 3 aromatic rings. The lowest BCUT2D eigenvalue weighted by atomic mass is 10.1. The molecule has 0 saturated heterocycles. The van der Waals surface area contributed by atoms with Crippen LogP contribution in [0.5, 0.6) is 0 Å². The normalized spacial score (nSPS) is 15.5. The summed E-state index contributed by atoms with van der Waals surface area (Å²) in [5.41, 5.74) is 2.36. The van der Waals surface area contributed by atoms with Gasteiger partial charge in [0.2, 0.25) is 0 Å². The van der Waals surface area contributed by atoms with Crippen LogP contribution in [0.25, 0.3) is 11.2 Å². The first-order chi connectivity index (χ1) is 11.3. The lowest BCUT2D eigenvalue weighted by molar-refractivity contribution is 0.182. The monoisotopic (exact) mass is 306 g/mol. The van der Waals surface area contributed by atoms with E-state index in [1.807, 2.05) is 42.5 Å². The smallest absolute Gasteiger partial charge is 0.180 e. The molecule has 1 aliphatic carbocycles. The van der Waals surface area contributed by atoms with E-state index in [4.69, 9.17) is 0 Å². The number of aliphatic hydroxyl groups is 1. The number of rotatable bonds is 5. The van der Waals surface area contributed by atoms with E-state index in [0.717, 1.165) is 29.7 Å². The van der Waals surface area contributed by atoms with E-state index in [1.54, 1.807) is 12.4 Å². The van der Waals surface area contributed by atoms with Gasteiger partial charge in [0.1, 0.15) is 11.3 Å². The summed E-state index contributed by atoms with van der Waals surface area (Å²) in [7, 11) is 0. The molecule has 0 aliphatic heterocycles. The molecule has 1 atom stereocenters. The molecule has 0 unspecified atom stereocenters. The maximum absolute atomic E-state index is 10.5. The highest BCUT2D eigenvalue weighted by Gasteiger charge is 2.31. The standard InChI is InChI=1S/C18H18N4O/c23-16(13-4-2-1-3-5-13)12-22(14-6-7-14)17-9-8-15-18(21-17)20-11-10-19-15/h1-5,8-11,14,16,23H,6-7,12H2/t16-/m1/s1. The molecule has 116 valence electrons. The van der Waals surface area contributed by atoms with Crippen LogP contribution in [0.2, 0.25) is 0 Å². The highest BCUT2D eigenvalue weighted by molar-refractivity contribution is 5.71. The van der Waals surface area contributed by atoms with Gasteiger partial charge in [-0.2, -0.15) is 0 Å². The van der Waals surface area contributed by atoms with Gasteiger partial charge in [0.05, 0.1) is 6.10 Å². The van der Waals surface area contributed by atoms with Crippen LogP contribution in [0.15, 0.2) is 54.9 Å². The third-order valence-corrected chi connectivity index (χ3v) is 4.15. The van der Waals surface area contributed by atoms with Crippen LogP contribution in [0.4, 0.5) is 5.82 Å². The fraction of sp³-hybridized carbons (Fsp3) is 0.278. The molecule has 5 nitrogen and oxygen atoms in total. The van der Waals surface area contributed by atoms with Gasteiger partial charge in [-0.25, -0.2) is 9.97 Å². The Morgan fingerprint density at radius 1 is 1.04 bits per heavy atom. The molecule has 1 saturated carbocycles. The third kappa shape index (κ3) is 3.00. The average molecular weight is 306 g/mol. The maximum Gasteiger partial charge on any atom is 0.180 e. The van der Waals surface area contributed by atoms with E-state index >= 15 is 0 Å². The molecule has 1 fully saturated rings. The molecule has 1 N–H and O–H groups in total. The second-order valence-electron chi connectivity index (χ2n) is 5.88. The van der Waals surface area contributed by atoms with Gasteiger partial charge in [-0.05, 0) is 30.5 Å². The molecule has 4 rings (SSSR count). The van der Waals surface area contributed by atoms with Crippen LogP contribution < -0.4 is 4.90 Å². The lowest BCUT2D eigenvalue weighted by Gasteiger charge is -2.26. The van der Waals surface area contributed by atoms with Crippen molar-refractivity contribution in [3.05, 3.63) is 60.4 Å². The Morgan fingerprint density at radius 3 is 2.61 bits per heavy atom. The summed E-state index contributed by atoms with van der Waals surface area (Å²) in [4.78, 5) is 15.3. The zero-order chi connectivity index (χ0) is 15.6. The van der Waals surface area contributed by atoms with E-state index in [0.29, 0.717) is 18.2 Å². The summed E-state index contributed by atoms with van der Waals surface area (Å²) in [6, 6.07) is 14.1. The Hall–Kier alpha value is -2.53. The zero-order valence-corrected chi connectivity index (χ0v) is 12.7. The highest BCUT2D eigenvalue weighted by Crippen LogP contribution is 2.32. The number of hydrogen-bond acceptors (Lipinski definition) is 5. The number of fused-ring (bicyclic) bond motifs is 1. The quantitative estimate of drug-likeness (QED) is 0.785. The van der Waals surface area contributed by atoms with Crippen molar-refractivity contribution in [2.24, 2.45) is 0 Å². The van der Waals surface area contributed by atoms with E-state index in [2.05, 4.69) is 19.9 Å².